The molecule has 0 unspecified atom stereocenters. The molecule has 2 aromatic carbocycles. The molecule has 0 amide bonds. The lowest BCUT2D eigenvalue weighted by molar-refractivity contribution is -0.137. The van der Waals surface area contributed by atoms with Crippen molar-refractivity contribution in [2.75, 3.05) is 17.2 Å². The molecule has 0 radical (unpaired) electrons. The summed E-state index contributed by atoms with van der Waals surface area (Å²) in [5.41, 5.74) is 0.139. The molecule has 2 N–H and O–H groups in total. The van der Waals surface area contributed by atoms with Crippen LogP contribution in [-0.2, 0) is 6.18 Å². The van der Waals surface area contributed by atoms with Gasteiger partial charge in [0.1, 0.15) is 17.1 Å². The van der Waals surface area contributed by atoms with Crippen LogP contribution in [0.5, 0.6) is 5.75 Å². The molecule has 0 fully saturated rings. The zero-order chi connectivity index (χ0) is 19.3. The molecule has 0 atom stereocenters. The van der Waals surface area contributed by atoms with Crippen LogP contribution in [-0.4, -0.2) is 16.6 Å². The summed E-state index contributed by atoms with van der Waals surface area (Å²) in [6, 6.07) is 15.6. The van der Waals surface area contributed by atoms with Crippen LogP contribution in [0.15, 0.2) is 60.8 Å². The quantitative estimate of drug-likeness (QED) is 0.606. The fraction of sp³-hybridized carbons (Fsp3) is 0.158. The largest absolute Gasteiger partial charge is 0.494 e. The fourth-order valence-corrected chi connectivity index (χ4v) is 2.36. The third kappa shape index (κ3) is 4.87. The molecule has 8 heteroatoms. The average Bonchev–Trinajstić information content (AvgIpc) is 2.62. The number of para-hydroxylation sites is 1. The van der Waals surface area contributed by atoms with Crippen LogP contribution in [0.1, 0.15) is 12.5 Å². The second kappa shape index (κ2) is 7.94. The highest BCUT2D eigenvalue weighted by atomic mass is 19.4. The van der Waals surface area contributed by atoms with Gasteiger partial charge in [-0.1, -0.05) is 24.3 Å². The van der Waals surface area contributed by atoms with Crippen LogP contribution < -0.4 is 15.4 Å². The molecule has 3 rings (SSSR count). The second-order valence-electron chi connectivity index (χ2n) is 5.53. The van der Waals surface area contributed by atoms with Crippen LogP contribution >= 0.6 is 0 Å². The molecular weight excluding hydrogens is 357 g/mol. The van der Waals surface area contributed by atoms with Crippen molar-refractivity contribution in [3.63, 3.8) is 0 Å². The van der Waals surface area contributed by atoms with Gasteiger partial charge in [-0.2, -0.15) is 18.2 Å². The minimum absolute atomic E-state index is 0.0534. The highest BCUT2D eigenvalue weighted by molar-refractivity contribution is 5.63. The molecule has 1 aromatic heterocycles. The van der Waals surface area contributed by atoms with Gasteiger partial charge in [0.25, 0.3) is 0 Å². The zero-order valence-electron chi connectivity index (χ0n) is 14.4. The van der Waals surface area contributed by atoms with Gasteiger partial charge in [0.2, 0.25) is 5.95 Å². The Labute approximate surface area is 154 Å². The minimum atomic E-state index is -4.59. The molecule has 140 valence electrons. The normalized spacial score (nSPS) is 11.1. The first kappa shape index (κ1) is 18.5. The first-order valence-corrected chi connectivity index (χ1v) is 8.22. The Morgan fingerprint density at radius 1 is 0.963 bits per heavy atom. The first-order chi connectivity index (χ1) is 13.0. The first-order valence-electron chi connectivity index (χ1n) is 8.22. The third-order valence-electron chi connectivity index (χ3n) is 3.53. The van der Waals surface area contributed by atoms with Crippen LogP contribution in [0.3, 0.4) is 0 Å². The molecule has 0 aliphatic heterocycles. The lowest BCUT2D eigenvalue weighted by atomic mass is 10.2. The molecule has 0 aliphatic carbocycles. The predicted octanol–water partition coefficient (Wildman–Crippen LogP) is 5.38. The Bertz CT molecular complexity index is 901. The molecule has 0 spiro atoms. The summed E-state index contributed by atoms with van der Waals surface area (Å²) in [6.07, 6.45) is -3.84. The highest BCUT2D eigenvalue weighted by Gasteiger charge is 2.35. The van der Waals surface area contributed by atoms with Gasteiger partial charge in [0, 0.05) is 23.6 Å². The zero-order valence-corrected chi connectivity index (χ0v) is 14.4. The number of alkyl halides is 3. The van der Waals surface area contributed by atoms with E-state index in [1.165, 1.54) is 0 Å². The van der Waals surface area contributed by atoms with E-state index in [2.05, 4.69) is 20.6 Å². The summed E-state index contributed by atoms with van der Waals surface area (Å²) in [5.74, 6) is 0.259. The van der Waals surface area contributed by atoms with Gasteiger partial charge in [-0.25, -0.2) is 4.98 Å². The lowest BCUT2D eigenvalue weighted by Gasteiger charge is -2.15. The smallest absolute Gasteiger partial charge is 0.421 e. The van der Waals surface area contributed by atoms with E-state index in [0.717, 1.165) is 6.20 Å². The van der Waals surface area contributed by atoms with E-state index < -0.39 is 11.7 Å². The number of ether oxygens (including phenoxy) is 1. The van der Waals surface area contributed by atoms with E-state index in [-0.39, 0.29) is 11.8 Å². The van der Waals surface area contributed by atoms with Gasteiger partial charge >= 0.3 is 6.18 Å². The third-order valence-corrected chi connectivity index (χ3v) is 3.53. The predicted molar refractivity (Wildman–Crippen MR) is 97.7 cm³/mol. The van der Waals surface area contributed by atoms with E-state index >= 15 is 0 Å². The van der Waals surface area contributed by atoms with E-state index in [1.807, 2.05) is 13.0 Å². The maximum atomic E-state index is 13.3. The number of hydrogen-bond donors (Lipinski definition) is 2. The van der Waals surface area contributed by atoms with Crippen molar-refractivity contribution in [1.82, 2.24) is 9.97 Å². The molecule has 0 saturated heterocycles. The molecule has 0 bridgehead atoms. The van der Waals surface area contributed by atoms with Gasteiger partial charge in [-0.05, 0) is 31.2 Å². The lowest BCUT2D eigenvalue weighted by Crippen LogP contribution is -2.12. The minimum Gasteiger partial charge on any atom is -0.494 e. The van der Waals surface area contributed by atoms with Crippen molar-refractivity contribution in [3.8, 4) is 5.75 Å². The number of anilines is 4. The molecule has 0 aliphatic rings. The average molecular weight is 374 g/mol. The molecule has 1 heterocycles. The van der Waals surface area contributed by atoms with Crippen molar-refractivity contribution >= 4 is 23.1 Å². The number of nitrogens with zero attached hydrogens (tertiary/aromatic N) is 2. The molecule has 5 nitrogen and oxygen atoms in total. The Hall–Kier alpha value is -3.29. The van der Waals surface area contributed by atoms with Crippen LogP contribution in [0.2, 0.25) is 0 Å². The number of nitrogens with one attached hydrogen (secondary N) is 2. The van der Waals surface area contributed by atoms with E-state index in [4.69, 9.17) is 4.74 Å². The van der Waals surface area contributed by atoms with Gasteiger partial charge in [-0.15, -0.1) is 0 Å². The van der Waals surface area contributed by atoms with Crippen LogP contribution in [0.25, 0.3) is 0 Å². The van der Waals surface area contributed by atoms with Gasteiger partial charge < -0.3 is 15.4 Å². The summed E-state index contributed by atoms with van der Waals surface area (Å²) < 4.78 is 45.4. The summed E-state index contributed by atoms with van der Waals surface area (Å²) in [6.45, 7) is 2.28. The van der Waals surface area contributed by atoms with Crippen molar-refractivity contribution in [1.29, 1.82) is 0 Å². The topological polar surface area (TPSA) is 59.1 Å². The summed E-state index contributed by atoms with van der Waals surface area (Å²) in [4.78, 5) is 7.79. The number of halogens is 3. The SMILES string of the molecule is CCOc1cccc(Nc2nc(Nc3ccccc3)ncc2C(F)(F)F)c1. The van der Waals surface area contributed by atoms with Gasteiger partial charge in [0.15, 0.2) is 0 Å². The Morgan fingerprint density at radius 2 is 1.70 bits per heavy atom. The molecule has 3 aromatic rings. The number of aromatic nitrogens is 2. The molecule has 0 saturated carbocycles. The Morgan fingerprint density at radius 3 is 2.41 bits per heavy atom. The van der Waals surface area contributed by atoms with E-state index in [0.29, 0.717) is 23.7 Å². The maximum absolute atomic E-state index is 13.3. The standard InChI is InChI=1S/C19H17F3N4O/c1-2-27-15-10-6-9-14(11-15)24-17-16(19(20,21)22)12-23-18(26-17)25-13-7-4-3-5-8-13/h3-12H,2H2,1H3,(H2,23,24,25,26). The number of rotatable bonds is 6. The monoisotopic (exact) mass is 374 g/mol. The van der Waals surface area contributed by atoms with Crippen molar-refractivity contribution in [2.45, 2.75) is 13.1 Å². The molecule has 27 heavy (non-hydrogen) atoms. The van der Waals surface area contributed by atoms with Crippen molar-refractivity contribution < 1.29 is 17.9 Å². The van der Waals surface area contributed by atoms with Crippen LogP contribution in [0, 0.1) is 0 Å². The van der Waals surface area contributed by atoms with Gasteiger partial charge in [0.05, 0.1) is 6.61 Å². The maximum Gasteiger partial charge on any atom is 0.421 e. The van der Waals surface area contributed by atoms with Gasteiger partial charge in [-0.3, -0.25) is 0 Å². The number of hydrogen-bond acceptors (Lipinski definition) is 5. The second-order valence-corrected chi connectivity index (χ2v) is 5.53. The summed E-state index contributed by atoms with van der Waals surface area (Å²) in [7, 11) is 0. The Kier molecular flexibility index (Phi) is 5.44. The van der Waals surface area contributed by atoms with Crippen molar-refractivity contribution in [3.05, 3.63) is 66.4 Å². The van der Waals surface area contributed by atoms with E-state index in [9.17, 15) is 13.2 Å². The summed E-state index contributed by atoms with van der Waals surface area (Å²) >= 11 is 0. The highest BCUT2D eigenvalue weighted by Crippen LogP contribution is 2.35. The van der Waals surface area contributed by atoms with Crippen LogP contribution in [0.4, 0.5) is 36.3 Å². The Balaban J connectivity index is 1.93. The number of benzene rings is 2. The van der Waals surface area contributed by atoms with E-state index in [1.54, 1.807) is 48.5 Å². The molecular formula is C19H17F3N4O. The van der Waals surface area contributed by atoms with Crippen molar-refractivity contribution in [2.24, 2.45) is 0 Å². The fourth-order valence-electron chi connectivity index (χ4n) is 2.36. The summed E-state index contributed by atoms with van der Waals surface area (Å²) in [5, 5.41) is 5.60.